The largest absolute Gasteiger partial charge is 0.496 e. The summed E-state index contributed by atoms with van der Waals surface area (Å²) in [6, 6.07) is 11.7. The van der Waals surface area contributed by atoms with Crippen LogP contribution in [0.1, 0.15) is 27.9 Å². The van der Waals surface area contributed by atoms with Crippen molar-refractivity contribution in [2.24, 2.45) is 0 Å². The lowest BCUT2D eigenvalue weighted by atomic mass is 9.97. The van der Waals surface area contributed by atoms with Crippen molar-refractivity contribution in [3.05, 3.63) is 65.4 Å². The molecule has 5 heteroatoms. The molecule has 0 atom stereocenters. The number of fused-ring (bicyclic) bond motifs is 1. The van der Waals surface area contributed by atoms with Crippen LogP contribution < -0.4 is 9.47 Å². The van der Waals surface area contributed by atoms with Gasteiger partial charge in [-0.2, -0.15) is 0 Å². The molecule has 1 aromatic heterocycles. The molecule has 0 spiro atoms. The third-order valence-electron chi connectivity index (χ3n) is 5.41. The number of H-pyrrole nitrogens is 1. The third kappa shape index (κ3) is 3.03. The number of nitrogens with zero attached hydrogens (tertiary/aromatic N) is 1. The first-order valence-electron chi connectivity index (χ1n) is 9.40. The number of nitrogens with one attached hydrogen (secondary N) is 1. The molecule has 2 aromatic carbocycles. The van der Waals surface area contributed by atoms with Gasteiger partial charge in [-0.15, -0.1) is 0 Å². The minimum atomic E-state index is -0.0700. The molecule has 0 bridgehead atoms. The van der Waals surface area contributed by atoms with Gasteiger partial charge in [0.05, 0.1) is 14.2 Å². The molecule has 0 aliphatic carbocycles. The lowest BCUT2D eigenvalue weighted by Gasteiger charge is -2.27. The quantitative estimate of drug-likeness (QED) is 0.733. The first-order valence-corrected chi connectivity index (χ1v) is 9.40. The molecule has 0 radical (unpaired) electrons. The number of aromatic nitrogens is 1. The number of ether oxygens (including phenoxy) is 2. The van der Waals surface area contributed by atoms with E-state index in [2.05, 4.69) is 42.4 Å². The fourth-order valence-corrected chi connectivity index (χ4v) is 3.89. The number of benzene rings is 2. The second-order valence-electron chi connectivity index (χ2n) is 6.97. The molecule has 0 fully saturated rings. The maximum atomic E-state index is 13.1. The van der Waals surface area contributed by atoms with E-state index in [0.29, 0.717) is 30.2 Å². The second kappa shape index (κ2) is 7.43. The number of carbonyl (C=O) groups excluding carboxylic acids is 1. The number of aromatic amines is 1. The van der Waals surface area contributed by atoms with Crippen molar-refractivity contribution in [1.82, 2.24) is 9.88 Å². The molecule has 0 unspecified atom stereocenters. The number of aryl methyl sites for hydroxylation is 1. The van der Waals surface area contributed by atoms with Gasteiger partial charge in [0.2, 0.25) is 0 Å². The maximum Gasteiger partial charge on any atom is 0.261 e. The average Bonchev–Trinajstić information content (AvgIpc) is 3.18. The predicted octanol–water partition coefficient (Wildman–Crippen LogP) is 4.42. The van der Waals surface area contributed by atoms with E-state index in [9.17, 15) is 4.79 Å². The highest BCUT2D eigenvalue weighted by Crippen LogP contribution is 2.33. The van der Waals surface area contributed by atoms with Crippen LogP contribution in [0, 0.1) is 6.92 Å². The van der Waals surface area contributed by atoms with Gasteiger partial charge in [-0.25, -0.2) is 0 Å². The summed E-state index contributed by atoms with van der Waals surface area (Å²) in [7, 11) is 3.14. The molecule has 144 valence electrons. The van der Waals surface area contributed by atoms with Gasteiger partial charge >= 0.3 is 0 Å². The van der Waals surface area contributed by atoms with Crippen LogP contribution in [-0.2, 0) is 0 Å². The van der Waals surface area contributed by atoms with E-state index >= 15 is 0 Å². The number of para-hydroxylation sites is 1. The molecule has 28 heavy (non-hydrogen) atoms. The lowest BCUT2D eigenvalue weighted by molar-refractivity contribution is 0.0766. The molecule has 4 rings (SSSR count). The van der Waals surface area contributed by atoms with Crippen molar-refractivity contribution in [2.75, 3.05) is 27.3 Å². The second-order valence-corrected chi connectivity index (χ2v) is 6.97. The fraction of sp³-hybridized carbons (Fsp3) is 0.261. The summed E-state index contributed by atoms with van der Waals surface area (Å²) >= 11 is 0. The zero-order chi connectivity index (χ0) is 19.7. The van der Waals surface area contributed by atoms with Crippen LogP contribution in [0.3, 0.4) is 0 Å². The highest BCUT2D eigenvalue weighted by atomic mass is 16.5. The minimum absolute atomic E-state index is 0.0700. The number of rotatable bonds is 4. The van der Waals surface area contributed by atoms with E-state index in [0.717, 1.165) is 6.42 Å². The topological polar surface area (TPSA) is 54.6 Å². The lowest BCUT2D eigenvalue weighted by Crippen LogP contribution is -2.35. The molecular formula is C23H24N2O3. The maximum absolute atomic E-state index is 13.1. The number of hydrogen-bond donors (Lipinski definition) is 1. The Hall–Kier alpha value is -3.21. The fourth-order valence-electron chi connectivity index (χ4n) is 3.89. The molecule has 1 aliphatic heterocycles. The highest BCUT2D eigenvalue weighted by Gasteiger charge is 2.26. The van der Waals surface area contributed by atoms with E-state index in [4.69, 9.17) is 9.47 Å². The first kappa shape index (κ1) is 18.2. The molecule has 5 nitrogen and oxygen atoms in total. The van der Waals surface area contributed by atoms with Gasteiger partial charge in [0.15, 0.2) is 0 Å². The minimum Gasteiger partial charge on any atom is -0.496 e. The first-order chi connectivity index (χ1) is 13.6. The summed E-state index contributed by atoms with van der Waals surface area (Å²) < 4.78 is 10.8. The normalized spacial score (nSPS) is 14.1. The van der Waals surface area contributed by atoms with Crippen molar-refractivity contribution < 1.29 is 14.3 Å². The summed E-state index contributed by atoms with van der Waals surface area (Å²) in [5.41, 5.74) is 5.39. The average molecular weight is 376 g/mol. The van der Waals surface area contributed by atoms with E-state index in [1.54, 1.807) is 26.4 Å². The van der Waals surface area contributed by atoms with Crippen LogP contribution in [0.5, 0.6) is 11.5 Å². The Balaban J connectivity index is 1.61. The summed E-state index contributed by atoms with van der Waals surface area (Å²) in [4.78, 5) is 18.4. The molecule has 1 N–H and O–H groups in total. The van der Waals surface area contributed by atoms with Crippen molar-refractivity contribution in [2.45, 2.75) is 13.3 Å². The van der Waals surface area contributed by atoms with Gasteiger partial charge in [0, 0.05) is 35.8 Å². The Bertz CT molecular complexity index is 1040. The van der Waals surface area contributed by atoms with Crippen LogP contribution in [-0.4, -0.2) is 43.1 Å². The molecule has 1 amide bonds. The van der Waals surface area contributed by atoms with Crippen LogP contribution in [0.2, 0.25) is 0 Å². The molecular weight excluding hydrogens is 352 g/mol. The summed E-state index contributed by atoms with van der Waals surface area (Å²) in [6.07, 6.45) is 5.03. The molecule has 3 aromatic rings. The Morgan fingerprint density at radius 1 is 1.07 bits per heavy atom. The van der Waals surface area contributed by atoms with Gasteiger partial charge in [-0.3, -0.25) is 4.79 Å². The van der Waals surface area contributed by atoms with Crippen LogP contribution in [0.15, 0.2) is 48.7 Å². The number of carbonyl (C=O) groups is 1. The van der Waals surface area contributed by atoms with Gasteiger partial charge in [-0.05, 0) is 36.6 Å². The van der Waals surface area contributed by atoms with Crippen molar-refractivity contribution in [3.8, 4) is 11.5 Å². The van der Waals surface area contributed by atoms with Crippen molar-refractivity contribution >= 4 is 22.4 Å². The summed E-state index contributed by atoms with van der Waals surface area (Å²) in [5.74, 6) is 0.997. The Morgan fingerprint density at radius 2 is 1.79 bits per heavy atom. The molecule has 1 aliphatic rings. The van der Waals surface area contributed by atoms with Crippen LogP contribution in [0.4, 0.5) is 0 Å². The highest BCUT2D eigenvalue weighted by molar-refractivity contribution is 6.00. The van der Waals surface area contributed by atoms with Crippen LogP contribution >= 0.6 is 0 Å². The zero-order valence-electron chi connectivity index (χ0n) is 16.4. The van der Waals surface area contributed by atoms with Crippen molar-refractivity contribution in [3.63, 3.8) is 0 Å². The van der Waals surface area contributed by atoms with Crippen molar-refractivity contribution in [1.29, 1.82) is 0 Å². The number of amides is 1. The summed E-state index contributed by atoms with van der Waals surface area (Å²) in [6.45, 7) is 3.33. The monoisotopic (exact) mass is 376 g/mol. The standard InChI is InChI=1S/C23H24N2O3/c1-15-6-4-7-17-18(14-24-22(15)17)16-10-12-25(13-11-16)23(26)21-19(27-2)8-5-9-20(21)28-3/h4-10,14,24H,11-13H2,1-3H3. The van der Waals surface area contributed by atoms with Gasteiger partial charge in [0.1, 0.15) is 17.1 Å². The van der Waals surface area contributed by atoms with E-state index < -0.39 is 0 Å². The SMILES string of the molecule is COc1cccc(OC)c1C(=O)N1CC=C(c2c[nH]c3c(C)cccc23)CC1. The smallest absolute Gasteiger partial charge is 0.261 e. The van der Waals surface area contributed by atoms with E-state index in [1.165, 1.54) is 27.6 Å². The van der Waals surface area contributed by atoms with Crippen LogP contribution in [0.25, 0.3) is 16.5 Å². The molecule has 2 heterocycles. The summed E-state index contributed by atoms with van der Waals surface area (Å²) in [5, 5.41) is 1.23. The number of methoxy groups -OCH3 is 2. The van der Waals surface area contributed by atoms with Gasteiger partial charge in [0.25, 0.3) is 5.91 Å². The van der Waals surface area contributed by atoms with E-state index in [1.807, 2.05) is 11.0 Å². The zero-order valence-corrected chi connectivity index (χ0v) is 16.4. The Morgan fingerprint density at radius 3 is 2.43 bits per heavy atom. The van der Waals surface area contributed by atoms with Gasteiger partial charge in [-0.1, -0.05) is 30.3 Å². The van der Waals surface area contributed by atoms with E-state index in [-0.39, 0.29) is 5.91 Å². The number of hydrogen-bond acceptors (Lipinski definition) is 3. The third-order valence-corrected chi connectivity index (χ3v) is 5.41. The van der Waals surface area contributed by atoms with Gasteiger partial charge < -0.3 is 19.4 Å². The molecule has 0 saturated carbocycles. The predicted molar refractivity (Wildman–Crippen MR) is 111 cm³/mol. The Labute approximate surface area is 164 Å². The Kier molecular flexibility index (Phi) is 4.82. The molecule has 0 saturated heterocycles.